The number of amides is 1. The maximum absolute atomic E-state index is 11.9. The minimum Gasteiger partial charge on any atom is -0.351 e. The summed E-state index contributed by atoms with van der Waals surface area (Å²) in [6, 6.07) is 1.68. The Kier molecular flexibility index (Phi) is 4.34. The number of carbonyl (C=O) groups is 1. The summed E-state index contributed by atoms with van der Waals surface area (Å²) in [4.78, 5) is 13.7. The van der Waals surface area contributed by atoms with Crippen LogP contribution in [0.3, 0.4) is 0 Å². The molecule has 1 aromatic rings. The molecule has 0 fully saturated rings. The van der Waals surface area contributed by atoms with Crippen LogP contribution in [-0.4, -0.2) is 29.1 Å². The summed E-state index contributed by atoms with van der Waals surface area (Å²) in [5.74, 6) is 0.286. The molecule has 0 aliphatic carbocycles. The largest absolute Gasteiger partial charge is 0.351 e. The summed E-state index contributed by atoms with van der Waals surface area (Å²) in [5.41, 5.74) is 0.742. The number of aryl methyl sites for hydroxylation is 1. The van der Waals surface area contributed by atoms with Gasteiger partial charge >= 0.3 is 0 Å². The van der Waals surface area contributed by atoms with Gasteiger partial charge in [0.2, 0.25) is 5.76 Å². The normalized spacial score (nSPS) is 10.3. The highest BCUT2D eigenvalue weighted by molar-refractivity contribution is 5.91. The summed E-state index contributed by atoms with van der Waals surface area (Å²) in [5, 5.41) is 3.72. The van der Waals surface area contributed by atoms with Crippen molar-refractivity contribution in [1.82, 2.24) is 10.1 Å². The molecule has 1 aromatic heterocycles. The Morgan fingerprint density at radius 3 is 2.40 bits per heavy atom. The Bertz CT molecular complexity index is 314. The summed E-state index contributed by atoms with van der Waals surface area (Å²) in [6.45, 7) is 7.46. The van der Waals surface area contributed by atoms with Crippen molar-refractivity contribution < 1.29 is 9.32 Å². The zero-order valence-electron chi connectivity index (χ0n) is 9.62. The molecule has 0 N–H and O–H groups in total. The first-order valence-electron chi connectivity index (χ1n) is 5.41. The lowest BCUT2D eigenvalue weighted by molar-refractivity contribution is 0.0713. The minimum absolute atomic E-state index is 0.0562. The predicted molar refractivity (Wildman–Crippen MR) is 57.7 cm³/mol. The van der Waals surface area contributed by atoms with E-state index in [9.17, 15) is 4.79 Å². The van der Waals surface area contributed by atoms with Gasteiger partial charge in [-0.3, -0.25) is 4.79 Å². The number of nitrogens with zero attached hydrogens (tertiary/aromatic N) is 2. The van der Waals surface area contributed by atoms with Gasteiger partial charge in [-0.2, -0.15) is 0 Å². The molecule has 0 saturated carbocycles. The van der Waals surface area contributed by atoms with Gasteiger partial charge in [-0.1, -0.05) is 19.0 Å². The summed E-state index contributed by atoms with van der Waals surface area (Å²) in [7, 11) is 0. The lowest BCUT2D eigenvalue weighted by Crippen LogP contribution is -2.32. The van der Waals surface area contributed by atoms with Crippen LogP contribution in [0.15, 0.2) is 10.6 Å². The van der Waals surface area contributed by atoms with Gasteiger partial charge in [0.15, 0.2) is 0 Å². The fourth-order valence-electron chi connectivity index (χ4n) is 1.47. The molecule has 1 rings (SSSR count). The SMILES string of the molecule is CCCN(CCC)C(=O)c1cc(C)no1. The van der Waals surface area contributed by atoms with Crippen molar-refractivity contribution >= 4 is 5.91 Å². The lowest BCUT2D eigenvalue weighted by atomic mass is 10.3. The highest BCUT2D eigenvalue weighted by Gasteiger charge is 2.18. The van der Waals surface area contributed by atoms with Crippen molar-refractivity contribution in [2.24, 2.45) is 0 Å². The number of carbonyl (C=O) groups excluding carboxylic acids is 1. The van der Waals surface area contributed by atoms with Gasteiger partial charge in [-0.05, 0) is 19.8 Å². The van der Waals surface area contributed by atoms with E-state index in [0.717, 1.165) is 31.6 Å². The number of aromatic nitrogens is 1. The number of hydrogen-bond acceptors (Lipinski definition) is 3. The van der Waals surface area contributed by atoms with Crippen LogP contribution in [0, 0.1) is 6.92 Å². The molecule has 0 radical (unpaired) electrons. The number of rotatable bonds is 5. The molecule has 0 aromatic carbocycles. The van der Waals surface area contributed by atoms with E-state index < -0.39 is 0 Å². The molecule has 0 unspecified atom stereocenters. The van der Waals surface area contributed by atoms with Crippen LogP contribution >= 0.6 is 0 Å². The zero-order chi connectivity index (χ0) is 11.3. The van der Waals surface area contributed by atoms with E-state index in [1.54, 1.807) is 11.0 Å². The van der Waals surface area contributed by atoms with Crippen LogP contribution in [0.5, 0.6) is 0 Å². The highest BCUT2D eigenvalue weighted by atomic mass is 16.5. The van der Waals surface area contributed by atoms with Crippen molar-refractivity contribution in [3.8, 4) is 0 Å². The van der Waals surface area contributed by atoms with Gasteiger partial charge in [-0.25, -0.2) is 0 Å². The molecule has 0 bridgehead atoms. The third kappa shape index (κ3) is 3.08. The Hall–Kier alpha value is -1.32. The van der Waals surface area contributed by atoms with E-state index in [4.69, 9.17) is 4.52 Å². The number of hydrogen-bond donors (Lipinski definition) is 0. The van der Waals surface area contributed by atoms with Gasteiger partial charge < -0.3 is 9.42 Å². The quantitative estimate of drug-likeness (QED) is 0.748. The molecular weight excluding hydrogens is 192 g/mol. The smallest absolute Gasteiger partial charge is 0.292 e. The van der Waals surface area contributed by atoms with Crippen molar-refractivity contribution in [1.29, 1.82) is 0 Å². The van der Waals surface area contributed by atoms with E-state index in [0.29, 0.717) is 5.76 Å². The first-order chi connectivity index (χ1) is 7.19. The van der Waals surface area contributed by atoms with E-state index in [1.807, 2.05) is 6.92 Å². The third-order valence-corrected chi connectivity index (χ3v) is 2.11. The van der Waals surface area contributed by atoms with Gasteiger partial charge in [0.1, 0.15) is 0 Å². The van der Waals surface area contributed by atoms with Gasteiger partial charge in [-0.15, -0.1) is 0 Å². The fourth-order valence-corrected chi connectivity index (χ4v) is 1.47. The van der Waals surface area contributed by atoms with Crippen LogP contribution in [0.4, 0.5) is 0 Å². The van der Waals surface area contributed by atoms with Gasteiger partial charge in [0.05, 0.1) is 5.69 Å². The molecule has 15 heavy (non-hydrogen) atoms. The van der Waals surface area contributed by atoms with Crippen LogP contribution < -0.4 is 0 Å². The molecule has 0 spiro atoms. The molecule has 0 saturated heterocycles. The Morgan fingerprint density at radius 1 is 1.40 bits per heavy atom. The molecule has 4 nitrogen and oxygen atoms in total. The molecular formula is C11H18N2O2. The predicted octanol–water partition coefficient (Wildman–Crippen LogP) is 2.25. The summed E-state index contributed by atoms with van der Waals surface area (Å²) >= 11 is 0. The molecule has 84 valence electrons. The van der Waals surface area contributed by atoms with Crippen LogP contribution in [0.2, 0.25) is 0 Å². The van der Waals surface area contributed by atoms with E-state index in [2.05, 4.69) is 19.0 Å². The lowest BCUT2D eigenvalue weighted by Gasteiger charge is -2.19. The Morgan fingerprint density at radius 2 is 2.00 bits per heavy atom. The second-order valence-electron chi connectivity index (χ2n) is 3.62. The molecule has 0 aliphatic rings. The standard InChI is InChI=1S/C11H18N2O2/c1-4-6-13(7-5-2)11(14)10-8-9(3)12-15-10/h8H,4-7H2,1-3H3. The first-order valence-corrected chi connectivity index (χ1v) is 5.41. The van der Waals surface area contributed by atoms with Crippen molar-refractivity contribution in [2.75, 3.05) is 13.1 Å². The summed E-state index contributed by atoms with van der Waals surface area (Å²) in [6.07, 6.45) is 1.91. The molecule has 1 amide bonds. The summed E-state index contributed by atoms with van der Waals surface area (Å²) < 4.78 is 4.96. The van der Waals surface area contributed by atoms with Gasteiger partial charge in [0, 0.05) is 19.2 Å². The molecule has 4 heteroatoms. The van der Waals surface area contributed by atoms with E-state index in [1.165, 1.54) is 0 Å². The van der Waals surface area contributed by atoms with Crippen molar-refractivity contribution in [3.05, 3.63) is 17.5 Å². The average molecular weight is 210 g/mol. The molecule has 0 atom stereocenters. The second-order valence-corrected chi connectivity index (χ2v) is 3.62. The first kappa shape index (κ1) is 11.8. The van der Waals surface area contributed by atoms with E-state index >= 15 is 0 Å². The zero-order valence-corrected chi connectivity index (χ0v) is 9.62. The monoisotopic (exact) mass is 210 g/mol. The van der Waals surface area contributed by atoms with E-state index in [-0.39, 0.29) is 5.91 Å². The van der Waals surface area contributed by atoms with Crippen LogP contribution in [0.1, 0.15) is 42.9 Å². The second kappa shape index (κ2) is 5.53. The highest BCUT2D eigenvalue weighted by Crippen LogP contribution is 2.07. The maximum Gasteiger partial charge on any atom is 0.292 e. The third-order valence-electron chi connectivity index (χ3n) is 2.11. The van der Waals surface area contributed by atoms with Crippen LogP contribution in [-0.2, 0) is 0 Å². The van der Waals surface area contributed by atoms with Crippen LogP contribution in [0.25, 0.3) is 0 Å². The topological polar surface area (TPSA) is 46.3 Å². The Balaban J connectivity index is 2.71. The molecule has 0 aliphatic heterocycles. The van der Waals surface area contributed by atoms with Gasteiger partial charge in [0.25, 0.3) is 5.91 Å². The molecule has 1 heterocycles. The maximum atomic E-state index is 11.9. The average Bonchev–Trinajstić information content (AvgIpc) is 2.63. The Labute approximate surface area is 90.2 Å². The van der Waals surface area contributed by atoms with Crippen molar-refractivity contribution in [3.63, 3.8) is 0 Å². The fraction of sp³-hybridized carbons (Fsp3) is 0.636. The van der Waals surface area contributed by atoms with Crippen molar-refractivity contribution in [2.45, 2.75) is 33.6 Å². The minimum atomic E-state index is -0.0562.